The number of β-amino-alcohol motifs (C(OH)–C–C–N with tert-alkyl or cyclic N) is 1. The average Bonchev–Trinajstić information content (AvgIpc) is 2.99. The number of amides is 2. The molecule has 4 rings (SSSR count). The van der Waals surface area contributed by atoms with Crippen LogP contribution in [0.2, 0.25) is 0 Å². The molecule has 156 valence electrons. The van der Waals surface area contributed by atoms with Gasteiger partial charge in [0, 0.05) is 50.5 Å². The number of hydrogen-bond acceptors (Lipinski definition) is 7. The summed E-state index contributed by atoms with van der Waals surface area (Å²) < 4.78 is 0. The molecule has 2 aliphatic rings. The number of fused-ring (bicyclic) bond motifs is 1. The Morgan fingerprint density at radius 1 is 0.900 bits per heavy atom. The van der Waals surface area contributed by atoms with E-state index in [1.54, 1.807) is 36.4 Å². The predicted octanol–water partition coefficient (Wildman–Crippen LogP) is 1.37. The Morgan fingerprint density at radius 3 is 2.00 bits per heavy atom. The van der Waals surface area contributed by atoms with Gasteiger partial charge in [0.15, 0.2) is 0 Å². The fourth-order valence-electron chi connectivity index (χ4n) is 3.95. The van der Waals surface area contributed by atoms with Gasteiger partial charge in [0.2, 0.25) is 0 Å². The van der Waals surface area contributed by atoms with Crippen LogP contribution >= 0.6 is 0 Å². The number of aliphatic hydroxyl groups excluding tert-OH is 1. The topological polar surface area (TPSA) is 107 Å². The molecule has 0 radical (unpaired) electrons. The third kappa shape index (κ3) is 3.89. The van der Waals surface area contributed by atoms with Crippen LogP contribution < -0.4 is 4.90 Å². The van der Waals surface area contributed by atoms with Gasteiger partial charge in [-0.2, -0.15) is 0 Å². The molecule has 2 aromatic rings. The monoisotopic (exact) mass is 410 g/mol. The number of hydrogen-bond donors (Lipinski definition) is 1. The number of nitro groups is 1. The number of benzene rings is 2. The molecule has 0 aromatic heterocycles. The standard InChI is InChI=1S/C21H22N4O5/c26-17(14-24-20(27)18-3-1-2-4-19(18)21(24)28)13-22-9-11-23(12-10-22)15-5-7-16(8-6-15)25(29)30/h1-8,17,26H,9-14H2/t17-/m1/s1. The van der Waals surface area contributed by atoms with Crippen LogP contribution in [0.3, 0.4) is 0 Å². The number of rotatable bonds is 6. The maximum Gasteiger partial charge on any atom is 0.269 e. The molecule has 9 heteroatoms. The number of imide groups is 1. The van der Waals surface area contributed by atoms with Gasteiger partial charge in [0.05, 0.1) is 28.7 Å². The number of nitro benzene ring substituents is 1. The predicted molar refractivity (Wildman–Crippen MR) is 110 cm³/mol. The van der Waals surface area contributed by atoms with Gasteiger partial charge >= 0.3 is 0 Å². The SMILES string of the molecule is O=C1c2ccccc2C(=O)N1C[C@H](O)CN1CCN(c2ccc([N+](=O)[O-])cc2)CC1. The van der Waals surface area contributed by atoms with Crippen molar-refractivity contribution >= 4 is 23.2 Å². The van der Waals surface area contributed by atoms with Crippen LogP contribution in [0.5, 0.6) is 0 Å². The highest BCUT2D eigenvalue weighted by Gasteiger charge is 2.36. The van der Waals surface area contributed by atoms with Gasteiger partial charge in [-0.25, -0.2) is 0 Å². The summed E-state index contributed by atoms with van der Waals surface area (Å²) in [5, 5.41) is 21.3. The van der Waals surface area contributed by atoms with E-state index in [-0.39, 0.29) is 24.0 Å². The highest BCUT2D eigenvalue weighted by atomic mass is 16.6. The number of aliphatic hydroxyl groups is 1. The highest BCUT2D eigenvalue weighted by molar-refractivity contribution is 6.21. The van der Waals surface area contributed by atoms with Crippen LogP contribution in [0.15, 0.2) is 48.5 Å². The molecule has 0 unspecified atom stereocenters. The molecule has 0 saturated carbocycles. The molecule has 30 heavy (non-hydrogen) atoms. The second-order valence-corrected chi connectivity index (χ2v) is 7.48. The fraction of sp³-hybridized carbons (Fsp3) is 0.333. The molecule has 0 bridgehead atoms. The van der Waals surface area contributed by atoms with Gasteiger partial charge in [-0.1, -0.05) is 12.1 Å². The molecular weight excluding hydrogens is 388 g/mol. The summed E-state index contributed by atoms with van der Waals surface area (Å²) in [6.07, 6.45) is -0.835. The number of non-ortho nitro benzene ring substituents is 1. The molecular formula is C21H22N4O5. The maximum atomic E-state index is 12.4. The van der Waals surface area contributed by atoms with E-state index < -0.39 is 11.0 Å². The van der Waals surface area contributed by atoms with Crippen molar-refractivity contribution in [3.8, 4) is 0 Å². The summed E-state index contributed by atoms with van der Waals surface area (Å²) in [7, 11) is 0. The molecule has 0 spiro atoms. The Kier molecular flexibility index (Phi) is 5.47. The lowest BCUT2D eigenvalue weighted by molar-refractivity contribution is -0.384. The van der Waals surface area contributed by atoms with Crippen molar-refractivity contribution in [1.29, 1.82) is 0 Å². The lowest BCUT2D eigenvalue weighted by Gasteiger charge is -2.37. The lowest BCUT2D eigenvalue weighted by Crippen LogP contribution is -2.50. The number of piperazine rings is 1. The van der Waals surface area contributed by atoms with Crippen LogP contribution in [0.4, 0.5) is 11.4 Å². The Hall–Kier alpha value is -3.30. The zero-order valence-electron chi connectivity index (χ0n) is 16.3. The Bertz CT molecular complexity index is 935. The first kappa shape index (κ1) is 20.0. The maximum absolute atomic E-state index is 12.4. The molecule has 9 nitrogen and oxygen atoms in total. The van der Waals surface area contributed by atoms with E-state index in [1.165, 1.54) is 12.1 Å². The van der Waals surface area contributed by atoms with Crippen molar-refractivity contribution < 1.29 is 19.6 Å². The normalized spacial score (nSPS) is 17.9. The minimum Gasteiger partial charge on any atom is -0.390 e. The molecule has 1 N–H and O–H groups in total. The molecule has 1 saturated heterocycles. The van der Waals surface area contributed by atoms with E-state index in [0.29, 0.717) is 30.8 Å². The molecule has 0 aliphatic carbocycles. The smallest absolute Gasteiger partial charge is 0.269 e. The summed E-state index contributed by atoms with van der Waals surface area (Å²) >= 11 is 0. The third-order valence-corrected chi connectivity index (χ3v) is 5.54. The van der Waals surface area contributed by atoms with Crippen molar-refractivity contribution in [2.75, 3.05) is 44.2 Å². The molecule has 2 aliphatic heterocycles. The summed E-state index contributed by atoms with van der Waals surface area (Å²) in [5.41, 5.74) is 1.75. The van der Waals surface area contributed by atoms with Crippen LogP contribution in [0.1, 0.15) is 20.7 Å². The molecule has 2 aromatic carbocycles. The van der Waals surface area contributed by atoms with Gasteiger partial charge in [0.1, 0.15) is 0 Å². The first-order valence-corrected chi connectivity index (χ1v) is 9.79. The zero-order chi connectivity index (χ0) is 21.3. The summed E-state index contributed by atoms with van der Waals surface area (Å²) in [6.45, 7) is 3.18. The molecule has 2 amide bonds. The van der Waals surface area contributed by atoms with E-state index in [0.717, 1.165) is 23.7 Å². The van der Waals surface area contributed by atoms with Gasteiger partial charge in [0.25, 0.3) is 17.5 Å². The van der Waals surface area contributed by atoms with Gasteiger partial charge in [-0.15, -0.1) is 0 Å². The number of carbonyl (C=O) groups is 2. The van der Waals surface area contributed by atoms with Crippen LogP contribution in [0.25, 0.3) is 0 Å². The second kappa shape index (κ2) is 8.21. The summed E-state index contributed by atoms with van der Waals surface area (Å²) in [5.74, 6) is -0.727. The van der Waals surface area contributed by atoms with Crippen LogP contribution in [0, 0.1) is 10.1 Å². The van der Waals surface area contributed by atoms with Gasteiger partial charge in [-0.3, -0.25) is 29.5 Å². The average molecular weight is 410 g/mol. The Morgan fingerprint density at radius 2 is 1.47 bits per heavy atom. The van der Waals surface area contributed by atoms with E-state index in [1.807, 2.05) is 0 Å². The molecule has 1 atom stereocenters. The largest absolute Gasteiger partial charge is 0.390 e. The van der Waals surface area contributed by atoms with Gasteiger partial charge in [-0.05, 0) is 24.3 Å². The quantitative estimate of drug-likeness (QED) is 0.435. The second-order valence-electron chi connectivity index (χ2n) is 7.48. The van der Waals surface area contributed by atoms with Crippen LogP contribution in [-0.2, 0) is 0 Å². The first-order chi connectivity index (χ1) is 14.4. The number of carbonyl (C=O) groups excluding carboxylic acids is 2. The zero-order valence-corrected chi connectivity index (χ0v) is 16.3. The van der Waals surface area contributed by atoms with Crippen molar-refractivity contribution in [3.05, 3.63) is 69.8 Å². The Balaban J connectivity index is 1.29. The Labute approximate surface area is 173 Å². The lowest BCUT2D eigenvalue weighted by atomic mass is 10.1. The fourth-order valence-corrected chi connectivity index (χ4v) is 3.95. The van der Waals surface area contributed by atoms with Crippen molar-refractivity contribution in [2.45, 2.75) is 6.10 Å². The van der Waals surface area contributed by atoms with E-state index in [9.17, 15) is 24.8 Å². The van der Waals surface area contributed by atoms with Crippen molar-refractivity contribution in [1.82, 2.24) is 9.80 Å². The van der Waals surface area contributed by atoms with Crippen LogP contribution in [-0.4, -0.2) is 77.0 Å². The molecule has 1 fully saturated rings. The molecule has 2 heterocycles. The number of anilines is 1. The van der Waals surface area contributed by atoms with E-state index in [2.05, 4.69) is 9.80 Å². The van der Waals surface area contributed by atoms with E-state index in [4.69, 9.17) is 0 Å². The minimum atomic E-state index is -0.835. The number of nitrogens with zero attached hydrogens (tertiary/aromatic N) is 4. The summed E-state index contributed by atoms with van der Waals surface area (Å²) in [4.78, 5) is 40.6. The third-order valence-electron chi connectivity index (χ3n) is 5.54. The van der Waals surface area contributed by atoms with Crippen molar-refractivity contribution in [2.24, 2.45) is 0 Å². The van der Waals surface area contributed by atoms with Gasteiger partial charge < -0.3 is 10.0 Å². The highest BCUT2D eigenvalue weighted by Crippen LogP contribution is 2.23. The van der Waals surface area contributed by atoms with Crippen molar-refractivity contribution in [3.63, 3.8) is 0 Å². The minimum absolute atomic E-state index is 0.0328. The summed E-state index contributed by atoms with van der Waals surface area (Å²) in [6, 6.07) is 13.2. The van der Waals surface area contributed by atoms with E-state index >= 15 is 0 Å². The first-order valence-electron chi connectivity index (χ1n) is 9.79.